The molecule has 0 aromatic carbocycles. The topological polar surface area (TPSA) is 60.2 Å². The molecule has 0 aliphatic carbocycles. The molecule has 0 spiro atoms. The second-order valence-corrected chi connectivity index (χ2v) is 2.06. The Morgan fingerprint density at radius 1 is 1.00 bits per heavy atom. The SMILES string of the molecule is C1COCCO1.O=C1N=CC=N1. The van der Waals surface area contributed by atoms with Crippen LogP contribution in [0.3, 0.4) is 0 Å². The summed E-state index contributed by atoms with van der Waals surface area (Å²) in [6.45, 7) is 3.11. The lowest BCUT2D eigenvalue weighted by Gasteiger charge is -2.09. The smallest absolute Gasteiger partial charge is 0.367 e. The van der Waals surface area contributed by atoms with Crippen LogP contribution in [0.1, 0.15) is 0 Å². The number of rotatable bonds is 0. The van der Waals surface area contributed by atoms with Crippen molar-refractivity contribution in [1.82, 2.24) is 0 Å². The summed E-state index contributed by atoms with van der Waals surface area (Å²) in [5, 5.41) is 0. The van der Waals surface area contributed by atoms with E-state index in [1.54, 1.807) is 0 Å². The van der Waals surface area contributed by atoms with Crippen molar-refractivity contribution in [2.24, 2.45) is 9.98 Å². The Morgan fingerprint density at radius 3 is 1.58 bits per heavy atom. The number of hydrogen-bond donors (Lipinski definition) is 0. The van der Waals surface area contributed by atoms with Gasteiger partial charge in [-0.15, -0.1) is 0 Å². The molecule has 66 valence electrons. The second-order valence-electron chi connectivity index (χ2n) is 2.06. The van der Waals surface area contributed by atoms with Gasteiger partial charge in [0.05, 0.1) is 38.9 Å². The van der Waals surface area contributed by atoms with Crippen LogP contribution in [0.2, 0.25) is 0 Å². The van der Waals surface area contributed by atoms with Crippen LogP contribution in [0.25, 0.3) is 0 Å². The van der Waals surface area contributed by atoms with Crippen LogP contribution in [0, 0.1) is 0 Å². The summed E-state index contributed by atoms with van der Waals surface area (Å²) >= 11 is 0. The van der Waals surface area contributed by atoms with Crippen LogP contribution in [0.5, 0.6) is 0 Å². The fourth-order valence-corrected chi connectivity index (χ4v) is 0.667. The molecular weight excluding hydrogens is 160 g/mol. The third kappa shape index (κ3) is 3.95. The van der Waals surface area contributed by atoms with Gasteiger partial charge in [0.15, 0.2) is 0 Å². The van der Waals surface area contributed by atoms with Crippen molar-refractivity contribution in [2.45, 2.75) is 0 Å². The van der Waals surface area contributed by atoms with E-state index in [1.165, 1.54) is 12.4 Å². The van der Waals surface area contributed by atoms with Crippen LogP contribution >= 0.6 is 0 Å². The molecule has 0 aromatic heterocycles. The van der Waals surface area contributed by atoms with Gasteiger partial charge in [0.1, 0.15) is 0 Å². The maximum atomic E-state index is 9.85. The van der Waals surface area contributed by atoms with Gasteiger partial charge in [-0.05, 0) is 0 Å². The van der Waals surface area contributed by atoms with Gasteiger partial charge in [-0.25, -0.2) is 4.79 Å². The zero-order valence-corrected chi connectivity index (χ0v) is 6.60. The van der Waals surface area contributed by atoms with Crippen molar-refractivity contribution in [3.63, 3.8) is 0 Å². The molecule has 0 unspecified atom stereocenters. The highest BCUT2D eigenvalue weighted by molar-refractivity contribution is 6.25. The lowest BCUT2D eigenvalue weighted by Crippen LogP contribution is -2.16. The first-order valence-corrected chi connectivity index (χ1v) is 3.66. The third-order valence-electron chi connectivity index (χ3n) is 1.18. The number of aliphatic imine (C=N–C) groups is 2. The number of hydrogen-bond acceptors (Lipinski definition) is 3. The van der Waals surface area contributed by atoms with E-state index in [-0.39, 0.29) is 0 Å². The molecule has 5 heteroatoms. The summed E-state index contributed by atoms with van der Waals surface area (Å²) in [7, 11) is 0. The predicted molar refractivity (Wildman–Crippen MR) is 44.0 cm³/mol. The van der Waals surface area contributed by atoms with Gasteiger partial charge >= 0.3 is 6.03 Å². The molecule has 0 atom stereocenters. The number of carbonyl (C=O) groups excluding carboxylic acids is 1. The molecule has 0 radical (unpaired) electrons. The summed E-state index contributed by atoms with van der Waals surface area (Å²) < 4.78 is 9.89. The summed E-state index contributed by atoms with van der Waals surface area (Å²) in [5.74, 6) is 0. The lowest BCUT2D eigenvalue weighted by atomic mass is 10.6. The number of amides is 2. The average Bonchev–Trinajstić information content (AvgIpc) is 2.60. The Kier molecular flexibility index (Phi) is 4.18. The minimum atomic E-state index is -0.407. The van der Waals surface area contributed by atoms with Gasteiger partial charge in [-0.2, -0.15) is 9.98 Å². The first-order valence-electron chi connectivity index (χ1n) is 3.66. The molecule has 5 nitrogen and oxygen atoms in total. The quantitative estimate of drug-likeness (QED) is 0.525. The summed E-state index contributed by atoms with van der Waals surface area (Å²) in [6.07, 6.45) is 2.73. The van der Waals surface area contributed by atoms with Crippen molar-refractivity contribution in [1.29, 1.82) is 0 Å². The minimum absolute atomic E-state index is 0.407. The molecule has 0 N–H and O–H groups in total. The highest BCUT2D eigenvalue weighted by Gasteiger charge is 1.94. The van der Waals surface area contributed by atoms with Crippen molar-refractivity contribution < 1.29 is 14.3 Å². The van der Waals surface area contributed by atoms with Gasteiger partial charge in [-0.1, -0.05) is 0 Å². The fraction of sp³-hybridized carbons (Fsp3) is 0.571. The minimum Gasteiger partial charge on any atom is -0.377 e. The zero-order valence-electron chi connectivity index (χ0n) is 6.60. The molecule has 0 aromatic rings. The van der Waals surface area contributed by atoms with E-state index in [2.05, 4.69) is 9.98 Å². The first-order chi connectivity index (χ1) is 5.89. The van der Waals surface area contributed by atoms with Gasteiger partial charge < -0.3 is 9.47 Å². The molecule has 2 aliphatic heterocycles. The van der Waals surface area contributed by atoms with Gasteiger partial charge in [0.25, 0.3) is 0 Å². The van der Waals surface area contributed by atoms with Crippen LogP contribution in [-0.2, 0) is 9.47 Å². The second kappa shape index (κ2) is 5.56. The van der Waals surface area contributed by atoms with Crippen LogP contribution in [0.4, 0.5) is 4.79 Å². The molecule has 12 heavy (non-hydrogen) atoms. The van der Waals surface area contributed by atoms with Gasteiger partial charge in [0, 0.05) is 0 Å². The van der Waals surface area contributed by atoms with E-state index in [1.807, 2.05) is 0 Å². The maximum absolute atomic E-state index is 9.85. The Morgan fingerprint density at radius 2 is 1.42 bits per heavy atom. The molecule has 1 fully saturated rings. The van der Waals surface area contributed by atoms with Crippen LogP contribution in [0.15, 0.2) is 9.98 Å². The van der Waals surface area contributed by atoms with Crippen molar-refractivity contribution in [3.8, 4) is 0 Å². The molecule has 2 heterocycles. The maximum Gasteiger partial charge on any atom is 0.367 e. The number of urea groups is 1. The first kappa shape index (κ1) is 9.02. The molecule has 0 saturated carbocycles. The van der Waals surface area contributed by atoms with Crippen LogP contribution in [-0.4, -0.2) is 44.9 Å². The number of ether oxygens (including phenoxy) is 2. The van der Waals surface area contributed by atoms with Gasteiger partial charge in [0.2, 0.25) is 0 Å². The zero-order chi connectivity index (χ0) is 8.65. The molecular formula is C7H10N2O3. The van der Waals surface area contributed by atoms with Crippen molar-refractivity contribution >= 4 is 18.5 Å². The highest BCUT2D eigenvalue weighted by Crippen LogP contribution is 1.85. The standard InChI is InChI=1S/C4H8O2.C3H2N2O/c1-2-6-4-3-5-1;6-3-4-1-2-5-3/h1-4H2;1-2H. The molecule has 2 amide bonds. The Labute approximate surface area is 70.1 Å². The summed E-state index contributed by atoms with van der Waals surface area (Å²) in [4.78, 5) is 16.3. The van der Waals surface area contributed by atoms with E-state index < -0.39 is 6.03 Å². The van der Waals surface area contributed by atoms with E-state index in [0.717, 1.165) is 26.4 Å². The van der Waals surface area contributed by atoms with E-state index in [0.29, 0.717) is 0 Å². The average molecular weight is 170 g/mol. The number of nitrogens with zero attached hydrogens (tertiary/aromatic N) is 2. The number of carbonyl (C=O) groups is 1. The predicted octanol–water partition coefficient (Wildman–Crippen LogP) is 0.295. The third-order valence-corrected chi connectivity index (χ3v) is 1.18. The van der Waals surface area contributed by atoms with Crippen molar-refractivity contribution in [2.75, 3.05) is 26.4 Å². The monoisotopic (exact) mass is 170 g/mol. The summed E-state index contributed by atoms with van der Waals surface area (Å²) in [5.41, 5.74) is 0. The van der Waals surface area contributed by atoms with E-state index in [9.17, 15) is 4.79 Å². The molecule has 0 bridgehead atoms. The fourth-order valence-electron chi connectivity index (χ4n) is 0.667. The van der Waals surface area contributed by atoms with Crippen molar-refractivity contribution in [3.05, 3.63) is 0 Å². The van der Waals surface area contributed by atoms with Gasteiger partial charge in [-0.3, -0.25) is 0 Å². The molecule has 2 aliphatic rings. The lowest BCUT2D eigenvalue weighted by molar-refractivity contribution is -0.0334. The van der Waals surface area contributed by atoms with Crippen LogP contribution < -0.4 is 0 Å². The van der Waals surface area contributed by atoms with E-state index >= 15 is 0 Å². The Balaban J connectivity index is 0.000000120. The largest absolute Gasteiger partial charge is 0.377 e. The van der Waals surface area contributed by atoms with E-state index in [4.69, 9.17) is 9.47 Å². The normalized spacial score (nSPS) is 20.5. The molecule has 1 saturated heterocycles. The molecule has 2 rings (SSSR count). The highest BCUT2D eigenvalue weighted by atomic mass is 16.6. The summed E-state index contributed by atoms with van der Waals surface area (Å²) in [6, 6.07) is -0.407. The Hall–Kier alpha value is -1.07. The Bertz CT molecular complexity index is 171.